The number of hydrogen-bond donors (Lipinski definition) is 1. The number of pyridine rings is 2. The molecule has 5 rings (SSSR count). The number of ether oxygens (including phenoxy) is 1. The van der Waals surface area contributed by atoms with Crippen molar-refractivity contribution in [1.82, 2.24) is 9.97 Å². The molecule has 164 valence electrons. The van der Waals surface area contributed by atoms with Gasteiger partial charge in [0.15, 0.2) is 0 Å². The number of aromatic nitrogens is 2. The largest absolute Gasteiger partial charge is 0.370 e. The van der Waals surface area contributed by atoms with Crippen molar-refractivity contribution in [2.45, 2.75) is 19.1 Å². The summed E-state index contributed by atoms with van der Waals surface area (Å²) >= 11 is 0. The van der Waals surface area contributed by atoms with E-state index in [4.69, 9.17) is 4.74 Å². The van der Waals surface area contributed by atoms with Crippen molar-refractivity contribution in [3.63, 3.8) is 0 Å². The minimum atomic E-state index is -0.0123. The Morgan fingerprint density at radius 3 is 2.67 bits per heavy atom. The van der Waals surface area contributed by atoms with Crippen LogP contribution in [0.1, 0.15) is 12.5 Å². The molecule has 6 heteroatoms. The van der Waals surface area contributed by atoms with E-state index in [1.165, 1.54) is 0 Å². The van der Waals surface area contributed by atoms with Crippen LogP contribution in [0.4, 0.5) is 11.5 Å². The standard InChI is InChI=1S/C27H25N5O/c1-19-17-32(25-12-11-21(15-28)26-24(25)10-6-13-29-26)18-22(33-19)16-31-27-23(9-5-14-30-27)20-7-3-2-4-8-20/h2-14,19,22H,16-18H2,1H3,(H,30,31)/t19-,22-/m1/s1. The van der Waals surface area contributed by atoms with Crippen LogP contribution in [0.3, 0.4) is 0 Å². The predicted octanol–water partition coefficient (Wildman–Crippen LogP) is 4.87. The van der Waals surface area contributed by atoms with Gasteiger partial charge in [-0.2, -0.15) is 5.26 Å². The van der Waals surface area contributed by atoms with Crippen LogP contribution in [0.25, 0.3) is 22.0 Å². The summed E-state index contributed by atoms with van der Waals surface area (Å²) in [6, 6.07) is 24.4. The Morgan fingerprint density at radius 1 is 1.00 bits per heavy atom. The molecule has 1 aliphatic heterocycles. The first kappa shape index (κ1) is 20.9. The lowest BCUT2D eigenvalue weighted by Gasteiger charge is -2.39. The summed E-state index contributed by atoms with van der Waals surface area (Å²) in [5.41, 5.74) is 4.62. The first-order valence-corrected chi connectivity index (χ1v) is 11.2. The number of fused-ring (bicyclic) bond motifs is 1. The van der Waals surface area contributed by atoms with Crippen LogP contribution in [0.2, 0.25) is 0 Å². The van der Waals surface area contributed by atoms with E-state index in [1.807, 2.05) is 48.5 Å². The van der Waals surface area contributed by atoms with Crippen molar-refractivity contribution in [2.24, 2.45) is 0 Å². The Balaban J connectivity index is 1.37. The van der Waals surface area contributed by atoms with Crippen LogP contribution in [0, 0.1) is 11.3 Å². The van der Waals surface area contributed by atoms with Crippen molar-refractivity contribution in [1.29, 1.82) is 5.26 Å². The summed E-state index contributed by atoms with van der Waals surface area (Å²) in [5, 5.41) is 14.0. The monoisotopic (exact) mass is 435 g/mol. The second-order valence-corrected chi connectivity index (χ2v) is 8.26. The van der Waals surface area contributed by atoms with Gasteiger partial charge in [-0.1, -0.05) is 30.3 Å². The number of rotatable bonds is 5. The van der Waals surface area contributed by atoms with Crippen LogP contribution >= 0.6 is 0 Å². The topological polar surface area (TPSA) is 74.1 Å². The van der Waals surface area contributed by atoms with Gasteiger partial charge in [0, 0.05) is 48.7 Å². The fourth-order valence-corrected chi connectivity index (χ4v) is 4.49. The van der Waals surface area contributed by atoms with E-state index in [1.54, 1.807) is 12.4 Å². The second-order valence-electron chi connectivity index (χ2n) is 8.26. The fourth-order valence-electron chi connectivity index (χ4n) is 4.49. The quantitative estimate of drug-likeness (QED) is 0.482. The van der Waals surface area contributed by atoms with E-state index in [0.717, 1.165) is 46.6 Å². The van der Waals surface area contributed by atoms with Gasteiger partial charge in [-0.05, 0) is 48.9 Å². The molecule has 0 radical (unpaired) electrons. The minimum Gasteiger partial charge on any atom is -0.370 e. The third kappa shape index (κ3) is 4.36. The van der Waals surface area contributed by atoms with Crippen molar-refractivity contribution in [3.8, 4) is 17.2 Å². The Bertz CT molecular complexity index is 1300. The van der Waals surface area contributed by atoms with E-state index in [0.29, 0.717) is 12.1 Å². The molecule has 0 unspecified atom stereocenters. The maximum atomic E-state index is 9.47. The zero-order valence-corrected chi connectivity index (χ0v) is 18.5. The highest BCUT2D eigenvalue weighted by Gasteiger charge is 2.27. The lowest BCUT2D eigenvalue weighted by Crippen LogP contribution is -2.49. The number of hydrogen-bond acceptors (Lipinski definition) is 6. The lowest BCUT2D eigenvalue weighted by molar-refractivity contribution is -0.00823. The number of benzene rings is 2. The Kier molecular flexibility index (Phi) is 5.88. The molecule has 4 aromatic rings. The van der Waals surface area contributed by atoms with Crippen LogP contribution < -0.4 is 10.2 Å². The minimum absolute atomic E-state index is 0.0123. The third-order valence-corrected chi connectivity index (χ3v) is 5.92. The Labute approximate surface area is 193 Å². The van der Waals surface area contributed by atoms with Gasteiger partial charge in [0.05, 0.1) is 23.3 Å². The first-order valence-electron chi connectivity index (χ1n) is 11.2. The molecule has 2 aromatic heterocycles. The molecule has 0 saturated carbocycles. The number of nitrogens with zero attached hydrogens (tertiary/aromatic N) is 4. The molecule has 1 fully saturated rings. The highest BCUT2D eigenvalue weighted by atomic mass is 16.5. The average Bonchev–Trinajstić information content (AvgIpc) is 2.87. The third-order valence-electron chi connectivity index (χ3n) is 5.92. The summed E-state index contributed by atoms with van der Waals surface area (Å²) < 4.78 is 6.26. The summed E-state index contributed by atoms with van der Waals surface area (Å²) in [6.45, 7) is 4.26. The van der Waals surface area contributed by atoms with E-state index >= 15 is 0 Å². The number of morpholine rings is 1. The SMILES string of the molecule is C[C@@H]1CN(c2ccc(C#N)c3ncccc23)C[C@@H](CNc2ncccc2-c2ccccc2)O1. The van der Waals surface area contributed by atoms with Crippen LogP contribution in [-0.4, -0.2) is 41.8 Å². The van der Waals surface area contributed by atoms with Crippen molar-refractivity contribution < 1.29 is 4.74 Å². The molecule has 1 saturated heterocycles. The normalized spacial score (nSPS) is 18.1. The molecule has 0 spiro atoms. The van der Waals surface area contributed by atoms with E-state index in [-0.39, 0.29) is 12.2 Å². The first-order chi connectivity index (χ1) is 16.2. The molecule has 0 aliphatic carbocycles. The van der Waals surface area contributed by atoms with Gasteiger partial charge >= 0.3 is 0 Å². The molecule has 0 amide bonds. The highest BCUT2D eigenvalue weighted by Crippen LogP contribution is 2.31. The van der Waals surface area contributed by atoms with E-state index in [2.05, 4.69) is 51.4 Å². The fraction of sp³-hybridized carbons (Fsp3) is 0.222. The maximum absolute atomic E-state index is 9.47. The number of nitrogens with one attached hydrogen (secondary N) is 1. The molecule has 1 aliphatic rings. The van der Waals surface area contributed by atoms with Gasteiger partial charge in [0.25, 0.3) is 0 Å². The highest BCUT2D eigenvalue weighted by molar-refractivity contribution is 5.95. The summed E-state index contributed by atoms with van der Waals surface area (Å²) in [6.07, 6.45) is 3.60. The van der Waals surface area contributed by atoms with Crippen molar-refractivity contribution in [2.75, 3.05) is 29.9 Å². The molecular formula is C27H25N5O. The van der Waals surface area contributed by atoms with Crippen LogP contribution in [0.5, 0.6) is 0 Å². The van der Waals surface area contributed by atoms with Gasteiger partial charge in [-0.25, -0.2) is 4.98 Å². The summed E-state index contributed by atoms with van der Waals surface area (Å²) in [7, 11) is 0. The van der Waals surface area contributed by atoms with Crippen molar-refractivity contribution >= 4 is 22.4 Å². The Morgan fingerprint density at radius 2 is 1.82 bits per heavy atom. The molecule has 33 heavy (non-hydrogen) atoms. The van der Waals surface area contributed by atoms with Gasteiger partial charge < -0.3 is 15.0 Å². The van der Waals surface area contributed by atoms with Gasteiger partial charge in [-0.3, -0.25) is 4.98 Å². The van der Waals surface area contributed by atoms with Gasteiger partial charge in [0.2, 0.25) is 0 Å². The molecule has 2 atom stereocenters. The summed E-state index contributed by atoms with van der Waals surface area (Å²) in [5.74, 6) is 0.852. The average molecular weight is 436 g/mol. The maximum Gasteiger partial charge on any atom is 0.133 e. The molecule has 6 nitrogen and oxygen atoms in total. The van der Waals surface area contributed by atoms with Gasteiger partial charge in [0.1, 0.15) is 11.9 Å². The zero-order chi connectivity index (χ0) is 22.6. The van der Waals surface area contributed by atoms with Crippen molar-refractivity contribution in [3.05, 3.63) is 84.7 Å². The molecular weight excluding hydrogens is 410 g/mol. The van der Waals surface area contributed by atoms with E-state index in [9.17, 15) is 5.26 Å². The number of anilines is 2. The van der Waals surface area contributed by atoms with Crippen LogP contribution in [0.15, 0.2) is 79.1 Å². The summed E-state index contributed by atoms with van der Waals surface area (Å²) in [4.78, 5) is 11.4. The van der Waals surface area contributed by atoms with Gasteiger partial charge in [-0.15, -0.1) is 0 Å². The van der Waals surface area contributed by atoms with Crippen LogP contribution in [-0.2, 0) is 4.74 Å². The lowest BCUT2D eigenvalue weighted by atomic mass is 10.1. The zero-order valence-electron chi connectivity index (χ0n) is 18.5. The molecule has 2 aromatic carbocycles. The molecule has 0 bridgehead atoms. The predicted molar refractivity (Wildman–Crippen MR) is 131 cm³/mol. The molecule has 3 heterocycles. The van der Waals surface area contributed by atoms with E-state index < -0.39 is 0 Å². The molecule has 1 N–H and O–H groups in total. The Hall–Kier alpha value is -3.95. The smallest absolute Gasteiger partial charge is 0.133 e. The number of nitriles is 1. The second kappa shape index (κ2) is 9.27.